The quantitative estimate of drug-likeness (QED) is 0.791. The SMILES string of the molecule is Cc1cc(Cl)cc(N2CC(O)CC2=O)c1. The van der Waals surface area contributed by atoms with Gasteiger partial charge in [-0.05, 0) is 30.7 Å². The van der Waals surface area contributed by atoms with Crippen molar-refractivity contribution in [2.75, 3.05) is 11.4 Å². The molecule has 1 N–H and O–H groups in total. The highest BCUT2D eigenvalue weighted by Gasteiger charge is 2.29. The fraction of sp³-hybridized carbons (Fsp3) is 0.364. The van der Waals surface area contributed by atoms with Gasteiger partial charge in [0.25, 0.3) is 0 Å². The van der Waals surface area contributed by atoms with Crippen LogP contribution in [0, 0.1) is 6.92 Å². The molecule has 1 heterocycles. The van der Waals surface area contributed by atoms with Crippen molar-refractivity contribution in [2.45, 2.75) is 19.4 Å². The van der Waals surface area contributed by atoms with E-state index in [9.17, 15) is 9.90 Å². The fourth-order valence-electron chi connectivity index (χ4n) is 1.81. The van der Waals surface area contributed by atoms with E-state index in [0.717, 1.165) is 11.3 Å². The number of halogens is 1. The molecule has 80 valence electrons. The number of carbonyl (C=O) groups excluding carboxylic acids is 1. The molecule has 1 fully saturated rings. The third-order valence-electron chi connectivity index (χ3n) is 2.44. The van der Waals surface area contributed by atoms with Gasteiger partial charge in [0.2, 0.25) is 5.91 Å². The van der Waals surface area contributed by atoms with Gasteiger partial charge in [0.05, 0.1) is 19.1 Å². The molecule has 1 aromatic carbocycles. The molecular weight excluding hydrogens is 214 g/mol. The van der Waals surface area contributed by atoms with Crippen LogP contribution in [0.4, 0.5) is 5.69 Å². The maximum Gasteiger partial charge on any atom is 0.229 e. The van der Waals surface area contributed by atoms with Gasteiger partial charge >= 0.3 is 0 Å². The highest BCUT2D eigenvalue weighted by molar-refractivity contribution is 6.31. The molecule has 0 radical (unpaired) electrons. The number of hydrogen-bond donors (Lipinski definition) is 1. The van der Waals surface area contributed by atoms with Crippen LogP contribution >= 0.6 is 11.6 Å². The summed E-state index contributed by atoms with van der Waals surface area (Å²) in [4.78, 5) is 13.1. The van der Waals surface area contributed by atoms with E-state index < -0.39 is 6.10 Å². The number of aliphatic hydroxyl groups is 1. The Bertz CT molecular complexity index is 385. The van der Waals surface area contributed by atoms with Crippen molar-refractivity contribution >= 4 is 23.2 Å². The van der Waals surface area contributed by atoms with E-state index in [1.165, 1.54) is 0 Å². The molecule has 1 amide bonds. The van der Waals surface area contributed by atoms with Crippen LogP contribution in [-0.2, 0) is 4.79 Å². The molecule has 1 unspecified atom stereocenters. The van der Waals surface area contributed by atoms with Crippen LogP contribution in [0.25, 0.3) is 0 Å². The van der Waals surface area contributed by atoms with Crippen molar-refractivity contribution in [3.63, 3.8) is 0 Å². The minimum Gasteiger partial charge on any atom is -0.391 e. The number of benzene rings is 1. The monoisotopic (exact) mass is 225 g/mol. The third kappa shape index (κ3) is 2.13. The van der Waals surface area contributed by atoms with Crippen LogP contribution in [0.2, 0.25) is 5.02 Å². The number of carbonyl (C=O) groups is 1. The number of hydrogen-bond acceptors (Lipinski definition) is 2. The first-order chi connectivity index (χ1) is 7.06. The van der Waals surface area contributed by atoms with Crippen molar-refractivity contribution in [1.82, 2.24) is 0 Å². The first kappa shape index (κ1) is 10.5. The average Bonchev–Trinajstić information content (AvgIpc) is 2.43. The Morgan fingerprint density at radius 3 is 2.73 bits per heavy atom. The normalized spacial score (nSPS) is 21.1. The molecule has 0 bridgehead atoms. The summed E-state index contributed by atoms with van der Waals surface area (Å²) in [5.41, 5.74) is 1.77. The summed E-state index contributed by atoms with van der Waals surface area (Å²) in [5.74, 6) is -0.0517. The lowest BCUT2D eigenvalue weighted by atomic mass is 10.2. The van der Waals surface area contributed by atoms with Crippen molar-refractivity contribution in [3.8, 4) is 0 Å². The van der Waals surface area contributed by atoms with Gasteiger partial charge in [0.15, 0.2) is 0 Å². The molecule has 1 aliphatic rings. The zero-order valence-corrected chi connectivity index (χ0v) is 9.16. The summed E-state index contributed by atoms with van der Waals surface area (Å²) < 4.78 is 0. The summed E-state index contributed by atoms with van der Waals surface area (Å²) in [6.07, 6.45) is -0.359. The van der Waals surface area contributed by atoms with Gasteiger partial charge in [-0.3, -0.25) is 4.79 Å². The van der Waals surface area contributed by atoms with E-state index >= 15 is 0 Å². The summed E-state index contributed by atoms with van der Waals surface area (Å²) in [7, 11) is 0. The first-order valence-corrected chi connectivity index (χ1v) is 5.19. The molecule has 2 rings (SSSR count). The van der Waals surface area contributed by atoms with Gasteiger partial charge in [-0.2, -0.15) is 0 Å². The van der Waals surface area contributed by atoms with Crippen LogP contribution in [-0.4, -0.2) is 23.7 Å². The van der Waals surface area contributed by atoms with Crippen molar-refractivity contribution < 1.29 is 9.90 Å². The van der Waals surface area contributed by atoms with Gasteiger partial charge in [-0.1, -0.05) is 11.6 Å². The predicted molar refractivity (Wildman–Crippen MR) is 59.2 cm³/mol. The molecule has 1 saturated heterocycles. The highest BCUT2D eigenvalue weighted by atomic mass is 35.5. The van der Waals surface area contributed by atoms with Gasteiger partial charge < -0.3 is 10.0 Å². The first-order valence-electron chi connectivity index (χ1n) is 4.82. The topological polar surface area (TPSA) is 40.5 Å². The Hall–Kier alpha value is -1.06. The van der Waals surface area contributed by atoms with Gasteiger partial charge in [-0.25, -0.2) is 0 Å². The summed E-state index contributed by atoms with van der Waals surface area (Å²) in [5, 5.41) is 9.98. The lowest BCUT2D eigenvalue weighted by Gasteiger charge is -2.16. The van der Waals surface area contributed by atoms with E-state index in [-0.39, 0.29) is 12.3 Å². The molecule has 0 aromatic heterocycles. The van der Waals surface area contributed by atoms with Crippen molar-refractivity contribution in [1.29, 1.82) is 0 Å². The van der Waals surface area contributed by atoms with Crippen LogP contribution in [0.5, 0.6) is 0 Å². The number of nitrogens with zero attached hydrogens (tertiary/aromatic N) is 1. The molecule has 15 heavy (non-hydrogen) atoms. The third-order valence-corrected chi connectivity index (χ3v) is 2.66. The van der Waals surface area contributed by atoms with E-state index in [1.54, 1.807) is 11.0 Å². The summed E-state index contributed by atoms with van der Waals surface area (Å²) in [6.45, 7) is 2.28. The molecule has 0 aliphatic carbocycles. The van der Waals surface area contributed by atoms with E-state index in [1.807, 2.05) is 19.1 Å². The molecule has 3 nitrogen and oxygen atoms in total. The zero-order valence-electron chi connectivity index (χ0n) is 8.40. The largest absolute Gasteiger partial charge is 0.391 e. The number of aryl methyl sites for hydroxylation is 1. The van der Waals surface area contributed by atoms with E-state index in [2.05, 4.69) is 0 Å². The predicted octanol–water partition coefficient (Wildman–Crippen LogP) is 1.75. The van der Waals surface area contributed by atoms with Crippen LogP contribution < -0.4 is 4.90 Å². The van der Waals surface area contributed by atoms with Crippen molar-refractivity contribution in [3.05, 3.63) is 28.8 Å². The minimum atomic E-state index is -0.559. The number of anilines is 1. The standard InChI is InChI=1S/C11H12ClNO2/c1-7-2-8(12)4-9(3-7)13-6-10(14)5-11(13)15/h2-4,10,14H,5-6H2,1H3. The van der Waals surface area contributed by atoms with Gasteiger partial charge in [0, 0.05) is 10.7 Å². The van der Waals surface area contributed by atoms with Crippen LogP contribution in [0.3, 0.4) is 0 Å². The smallest absolute Gasteiger partial charge is 0.229 e. The average molecular weight is 226 g/mol. The molecule has 1 aliphatic heterocycles. The summed E-state index contributed by atoms with van der Waals surface area (Å²) in [6, 6.07) is 5.47. The minimum absolute atomic E-state index is 0.0517. The Kier molecular flexibility index (Phi) is 2.67. The van der Waals surface area contributed by atoms with Gasteiger partial charge in [0.1, 0.15) is 0 Å². The lowest BCUT2D eigenvalue weighted by Crippen LogP contribution is -2.25. The summed E-state index contributed by atoms with van der Waals surface area (Å²) >= 11 is 5.91. The molecule has 4 heteroatoms. The Morgan fingerprint density at radius 1 is 1.47 bits per heavy atom. The van der Waals surface area contributed by atoms with Crippen LogP contribution in [0.15, 0.2) is 18.2 Å². The molecule has 1 atom stereocenters. The molecule has 1 aromatic rings. The maximum atomic E-state index is 11.5. The fourth-order valence-corrected chi connectivity index (χ4v) is 2.10. The van der Waals surface area contributed by atoms with E-state index in [4.69, 9.17) is 11.6 Å². The maximum absolute atomic E-state index is 11.5. The highest BCUT2D eigenvalue weighted by Crippen LogP contribution is 2.26. The Balaban J connectivity index is 2.33. The molecule has 0 spiro atoms. The molecular formula is C11H12ClNO2. The Labute approximate surface area is 93.3 Å². The number of β-amino-alcohol motifs (C(OH)–C–C–N with tert-alkyl or cyclic N) is 1. The van der Waals surface area contributed by atoms with Gasteiger partial charge in [-0.15, -0.1) is 0 Å². The number of amides is 1. The van der Waals surface area contributed by atoms with E-state index in [0.29, 0.717) is 11.6 Å². The molecule has 0 saturated carbocycles. The zero-order chi connectivity index (χ0) is 11.0. The second kappa shape index (κ2) is 3.83. The second-order valence-corrected chi connectivity index (χ2v) is 4.29. The number of rotatable bonds is 1. The second-order valence-electron chi connectivity index (χ2n) is 3.85. The lowest BCUT2D eigenvalue weighted by molar-refractivity contribution is -0.117. The van der Waals surface area contributed by atoms with Crippen molar-refractivity contribution in [2.24, 2.45) is 0 Å². The van der Waals surface area contributed by atoms with Crippen LogP contribution in [0.1, 0.15) is 12.0 Å². The number of aliphatic hydroxyl groups excluding tert-OH is 1. The Morgan fingerprint density at radius 2 is 2.20 bits per heavy atom.